The third-order valence-corrected chi connectivity index (χ3v) is 6.87. The summed E-state index contributed by atoms with van der Waals surface area (Å²) in [6.45, 7) is 4.23. The van der Waals surface area contributed by atoms with Gasteiger partial charge in [0.1, 0.15) is 28.7 Å². The lowest BCUT2D eigenvalue weighted by Crippen LogP contribution is -2.42. The first-order valence-corrected chi connectivity index (χ1v) is 11.7. The standard InChI is InChI=1S/C22H26N4O6S/c1-4-26(5-2)33(29,30)18-13-19(25(3)14-18)21(27)23-24-22(28)20-12-11-17(32-20)15-31-16-9-7-6-8-10-16/h6-14H,4-5,15H2,1-3H3,(H,23,27)(H,24,28). The van der Waals surface area contributed by atoms with Crippen LogP contribution in [0.3, 0.4) is 0 Å². The minimum absolute atomic E-state index is 0.000677. The average molecular weight is 475 g/mol. The Balaban J connectivity index is 1.59. The van der Waals surface area contributed by atoms with Crippen molar-refractivity contribution in [3.05, 3.63) is 71.9 Å². The molecule has 176 valence electrons. The minimum Gasteiger partial charge on any atom is -0.486 e. The van der Waals surface area contributed by atoms with Crippen molar-refractivity contribution in [3.8, 4) is 5.75 Å². The van der Waals surface area contributed by atoms with E-state index in [1.165, 1.54) is 27.2 Å². The van der Waals surface area contributed by atoms with E-state index in [-0.39, 0.29) is 23.0 Å². The van der Waals surface area contributed by atoms with Crippen molar-refractivity contribution < 1.29 is 27.2 Å². The number of benzene rings is 1. The number of nitrogens with one attached hydrogen (secondary N) is 2. The van der Waals surface area contributed by atoms with Gasteiger partial charge in [-0.1, -0.05) is 32.0 Å². The molecule has 0 aliphatic rings. The summed E-state index contributed by atoms with van der Waals surface area (Å²) >= 11 is 0. The molecule has 0 saturated heterocycles. The Morgan fingerprint density at radius 1 is 1.03 bits per heavy atom. The van der Waals surface area contributed by atoms with Gasteiger partial charge < -0.3 is 13.7 Å². The molecule has 3 rings (SSSR count). The van der Waals surface area contributed by atoms with E-state index in [1.807, 2.05) is 18.2 Å². The first-order valence-electron chi connectivity index (χ1n) is 10.3. The van der Waals surface area contributed by atoms with Crippen molar-refractivity contribution in [2.24, 2.45) is 7.05 Å². The van der Waals surface area contributed by atoms with Crippen molar-refractivity contribution in [1.29, 1.82) is 0 Å². The fourth-order valence-electron chi connectivity index (χ4n) is 3.10. The number of hydrogen-bond acceptors (Lipinski definition) is 6. The third-order valence-electron chi connectivity index (χ3n) is 4.85. The molecule has 0 unspecified atom stereocenters. The molecule has 0 spiro atoms. The lowest BCUT2D eigenvalue weighted by atomic mass is 10.3. The Kier molecular flexibility index (Phi) is 7.56. The fraction of sp³-hybridized carbons (Fsp3) is 0.273. The fourth-order valence-corrected chi connectivity index (χ4v) is 4.63. The molecule has 10 nitrogen and oxygen atoms in total. The number of aromatic nitrogens is 1. The van der Waals surface area contributed by atoms with Gasteiger partial charge in [-0.15, -0.1) is 0 Å². The second-order valence-corrected chi connectivity index (χ2v) is 8.98. The molecular weight excluding hydrogens is 448 g/mol. The smallest absolute Gasteiger partial charge is 0.305 e. The second kappa shape index (κ2) is 10.4. The monoisotopic (exact) mass is 474 g/mol. The van der Waals surface area contributed by atoms with E-state index in [2.05, 4.69) is 10.9 Å². The maximum Gasteiger partial charge on any atom is 0.305 e. The van der Waals surface area contributed by atoms with Crippen LogP contribution in [0.25, 0.3) is 0 Å². The van der Waals surface area contributed by atoms with Crippen LogP contribution in [0.1, 0.15) is 40.7 Å². The van der Waals surface area contributed by atoms with E-state index >= 15 is 0 Å². The molecule has 0 bridgehead atoms. The molecule has 0 radical (unpaired) electrons. The number of aryl methyl sites for hydroxylation is 1. The first-order chi connectivity index (χ1) is 15.8. The number of hydrogen-bond donors (Lipinski definition) is 2. The number of sulfonamides is 1. The number of nitrogens with zero attached hydrogens (tertiary/aromatic N) is 2. The van der Waals surface area contributed by atoms with Crippen LogP contribution in [-0.4, -0.2) is 42.2 Å². The van der Waals surface area contributed by atoms with Gasteiger partial charge in [0, 0.05) is 26.3 Å². The lowest BCUT2D eigenvalue weighted by Gasteiger charge is -2.17. The van der Waals surface area contributed by atoms with E-state index in [0.717, 1.165) is 0 Å². The summed E-state index contributed by atoms with van der Waals surface area (Å²) < 4.78 is 39.0. The second-order valence-electron chi connectivity index (χ2n) is 7.04. The maximum atomic E-state index is 12.7. The highest BCUT2D eigenvalue weighted by Gasteiger charge is 2.25. The van der Waals surface area contributed by atoms with Crippen LogP contribution in [0.2, 0.25) is 0 Å². The van der Waals surface area contributed by atoms with Gasteiger partial charge in [-0.2, -0.15) is 4.31 Å². The number of rotatable bonds is 9. The first kappa shape index (κ1) is 24.1. The predicted molar refractivity (Wildman–Crippen MR) is 120 cm³/mol. The van der Waals surface area contributed by atoms with E-state index in [1.54, 1.807) is 39.1 Å². The zero-order valence-electron chi connectivity index (χ0n) is 18.6. The number of para-hydroxylation sites is 1. The Hall–Kier alpha value is -3.57. The SMILES string of the molecule is CCN(CC)S(=O)(=O)c1cc(C(=O)NNC(=O)c2ccc(COc3ccccc3)o2)n(C)c1. The van der Waals surface area contributed by atoms with Gasteiger partial charge >= 0.3 is 5.91 Å². The van der Waals surface area contributed by atoms with Crippen molar-refractivity contribution in [2.75, 3.05) is 13.1 Å². The molecule has 2 amide bonds. The Labute approximate surface area is 192 Å². The number of furan rings is 1. The highest BCUT2D eigenvalue weighted by atomic mass is 32.2. The quantitative estimate of drug-likeness (QED) is 0.459. The van der Waals surface area contributed by atoms with Crippen LogP contribution in [0.15, 0.2) is 64.0 Å². The van der Waals surface area contributed by atoms with E-state index in [4.69, 9.17) is 9.15 Å². The topological polar surface area (TPSA) is 123 Å². The molecular formula is C22H26N4O6S. The summed E-state index contributed by atoms with van der Waals surface area (Å²) in [6, 6.07) is 13.5. The largest absolute Gasteiger partial charge is 0.486 e. The summed E-state index contributed by atoms with van der Waals surface area (Å²) in [6.07, 6.45) is 1.36. The van der Waals surface area contributed by atoms with Crippen molar-refractivity contribution in [2.45, 2.75) is 25.3 Å². The van der Waals surface area contributed by atoms with Crippen molar-refractivity contribution in [3.63, 3.8) is 0 Å². The summed E-state index contributed by atoms with van der Waals surface area (Å²) in [4.78, 5) is 24.8. The zero-order chi connectivity index (χ0) is 24.0. The van der Waals surface area contributed by atoms with Gasteiger partial charge in [0.15, 0.2) is 5.76 Å². The summed E-state index contributed by atoms with van der Waals surface area (Å²) in [5.41, 5.74) is 4.59. The number of ether oxygens (including phenoxy) is 1. The van der Waals surface area contributed by atoms with E-state index in [0.29, 0.717) is 24.6 Å². The number of hydrazine groups is 1. The van der Waals surface area contributed by atoms with Crippen LogP contribution in [0, 0.1) is 0 Å². The number of amides is 2. The third kappa shape index (κ3) is 5.62. The Morgan fingerprint density at radius 3 is 2.36 bits per heavy atom. The molecule has 0 atom stereocenters. The zero-order valence-corrected chi connectivity index (χ0v) is 19.4. The minimum atomic E-state index is -3.72. The molecule has 1 aromatic carbocycles. The maximum absolute atomic E-state index is 12.7. The molecule has 0 aliphatic carbocycles. The number of carbonyl (C=O) groups excluding carboxylic acids is 2. The molecule has 2 aromatic heterocycles. The van der Waals surface area contributed by atoms with Gasteiger partial charge in [-0.05, 0) is 30.3 Å². The molecule has 3 aromatic rings. The van der Waals surface area contributed by atoms with Crippen molar-refractivity contribution in [1.82, 2.24) is 19.7 Å². The van der Waals surface area contributed by atoms with E-state index < -0.39 is 21.8 Å². The Bertz CT molecular complexity index is 1210. The highest BCUT2D eigenvalue weighted by Crippen LogP contribution is 2.18. The molecule has 11 heteroatoms. The molecule has 0 aliphatic heterocycles. The summed E-state index contributed by atoms with van der Waals surface area (Å²) in [5, 5.41) is 0. The molecule has 0 fully saturated rings. The predicted octanol–water partition coefficient (Wildman–Crippen LogP) is 2.30. The van der Waals surface area contributed by atoms with E-state index in [9.17, 15) is 18.0 Å². The normalized spacial score (nSPS) is 11.4. The van der Waals surface area contributed by atoms with Gasteiger partial charge in [0.25, 0.3) is 5.91 Å². The van der Waals surface area contributed by atoms with Gasteiger partial charge in [0.2, 0.25) is 10.0 Å². The average Bonchev–Trinajstić information content (AvgIpc) is 3.44. The van der Waals surface area contributed by atoms with Crippen LogP contribution < -0.4 is 15.6 Å². The van der Waals surface area contributed by atoms with Crippen LogP contribution in [-0.2, 0) is 23.7 Å². The molecule has 2 heterocycles. The molecule has 0 saturated carbocycles. The van der Waals surface area contributed by atoms with Crippen molar-refractivity contribution >= 4 is 21.8 Å². The lowest BCUT2D eigenvalue weighted by molar-refractivity contribution is 0.0824. The van der Waals surface area contributed by atoms with Crippen LogP contribution in [0.4, 0.5) is 0 Å². The highest BCUT2D eigenvalue weighted by molar-refractivity contribution is 7.89. The van der Waals surface area contributed by atoms with Crippen LogP contribution >= 0.6 is 0 Å². The summed E-state index contributed by atoms with van der Waals surface area (Å²) in [7, 11) is -2.17. The molecule has 33 heavy (non-hydrogen) atoms. The molecule has 2 N–H and O–H groups in total. The van der Waals surface area contributed by atoms with Gasteiger partial charge in [-0.3, -0.25) is 20.4 Å². The summed E-state index contributed by atoms with van der Waals surface area (Å²) in [5.74, 6) is -0.259. The van der Waals surface area contributed by atoms with Gasteiger partial charge in [0.05, 0.1) is 0 Å². The Morgan fingerprint density at radius 2 is 1.70 bits per heavy atom. The van der Waals surface area contributed by atoms with Crippen LogP contribution in [0.5, 0.6) is 5.75 Å². The number of carbonyl (C=O) groups is 2. The van der Waals surface area contributed by atoms with Gasteiger partial charge in [-0.25, -0.2) is 8.42 Å².